The van der Waals surface area contributed by atoms with E-state index in [0.717, 1.165) is 9.87 Å². The molecule has 0 aliphatic carbocycles. The lowest BCUT2D eigenvalue weighted by Crippen LogP contribution is -2.48. The summed E-state index contributed by atoms with van der Waals surface area (Å²) >= 11 is 6.22. The molecule has 2 N–H and O–H groups in total. The SMILES string of the molecule is O=C(O)Cc1ccc(OCCNC(=O)[C@@H]2Cc3ccccc3N2S(=O)(=O)c2ccc(-c3cc(F)ccc3Cl)cc2)cc1. The van der Waals surface area contributed by atoms with Gasteiger partial charge in [0.2, 0.25) is 5.91 Å². The zero-order valence-corrected chi connectivity index (χ0v) is 23.7. The van der Waals surface area contributed by atoms with Crippen molar-refractivity contribution >= 4 is 39.2 Å². The molecule has 1 atom stereocenters. The fourth-order valence-corrected chi connectivity index (χ4v) is 6.71. The highest BCUT2D eigenvalue weighted by atomic mass is 35.5. The van der Waals surface area contributed by atoms with Crippen molar-refractivity contribution in [3.63, 3.8) is 0 Å². The summed E-state index contributed by atoms with van der Waals surface area (Å²) in [5.74, 6) is -1.35. The monoisotopic (exact) mass is 608 g/mol. The van der Waals surface area contributed by atoms with Crippen LogP contribution in [-0.4, -0.2) is 44.6 Å². The maximum absolute atomic E-state index is 13.9. The molecule has 216 valence electrons. The normalized spacial score (nSPS) is 14.3. The third-order valence-electron chi connectivity index (χ3n) is 6.83. The first-order valence-corrected chi connectivity index (χ1v) is 14.8. The summed E-state index contributed by atoms with van der Waals surface area (Å²) in [5, 5.41) is 12.0. The van der Waals surface area contributed by atoms with Crippen LogP contribution in [0, 0.1) is 5.82 Å². The van der Waals surface area contributed by atoms with Crippen molar-refractivity contribution in [2.24, 2.45) is 0 Å². The molecule has 1 aliphatic heterocycles. The van der Waals surface area contributed by atoms with Crippen LogP contribution < -0.4 is 14.4 Å². The molecule has 1 aliphatic rings. The lowest BCUT2D eigenvalue weighted by atomic mass is 10.1. The number of sulfonamides is 1. The molecule has 0 aromatic heterocycles. The molecule has 0 saturated carbocycles. The Balaban J connectivity index is 1.30. The molecule has 0 spiro atoms. The molecule has 5 rings (SSSR count). The van der Waals surface area contributed by atoms with E-state index in [1.165, 1.54) is 30.3 Å². The minimum Gasteiger partial charge on any atom is -0.492 e. The maximum Gasteiger partial charge on any atom is 0.307 e. The number of fused-ring (bicyclic) bond motifs is 1. The van der Waals surface area contributed by atoms with E-state index in [-0.39, 0.29) is 30.9 Å². The van der Waals surface area contributed by atoms with E-state index in [9.17, 15) is 22.4 Å². The number of hydrogen-bond acceptors (Lipinski definition) is 5. The fraction of sp³-hybridized carbons (Fsp3) is 0.161. The van der Waals surface area contributed by atoms with Gasteiger partial charge in [0.1, 0.15) is 24.2 Å². The van der Waals surface area contributed by atoms with Crippen LogP contribution in [0.1, 0.15) is 11.1 Å². The molecule has 8 nitrogen and oxygen atoms in total. The number of anilines is 1. The Morgan fingerprint density at radius 2 is 1.71 bits per heavy atom. The number of nitrogens with one attached hydrogen (secondary N) is 1. The lowest BCUT2D eigenvalue weighted by Gasteiger charge is -2.26. The van der Waals surface area contributed by atoms with Crippen molar-refractivity contribution in [1.82, 2.24) is 5.32 Å². The summed E-state index contributed by atoms with van der Waals surface area (Å²) in [5.41, 5.74) is 2.77. The number of amides is 1. The average molecular weight is 609 g/mol. The summed E-state index contributed by atoms with van der Waals surface area (Å²) in [7, 11) is -4.16. The quantitative estimate of drug-likeness (QED) is 0.243. The Hall–Kier alpha value is -4.41. The highest BCUT2D eigenvalue weighted by molar-refractivity contribution is 7.93. The van der Waals surface area contributed by atoms with E-state index >= 15 is 0 Å². The van der Waals surface area contributed by atoms with Gasteiger partial charge in [0.15, 0.2) is 0 Å². The first kappa shape index (κ1) is 29.1. The van der Waals surface area contributed by atoms with Gasteiger partial charge in [-0.15, -0.1) is 0 Å². The van der Waals surface area contributed by atoms with Gasteiger partial charge < -0.3 is 15.2 Å². The lowest BCUT2D eigenvalue weighted by molar-refractivity contribution is -0.136. The first-order chi connectivity index (χ1) is 20.1. The number of halogens is 2. The molecule has 4 aromatic rings. The number of carbonyl (C=O) groups is 2. The van der Waals surface area contributed by atoms with E-state index in [2.05, 4.69) is 5.32 Å². The number of aliphatic carboxylic acids is 1. The second kappa shape index (κ2) is 12.2. The van der Waals surface area contributed by atoms with Gasteiger partial charge in [0, 0.05) is 17.0 Å². The number of hydrogen-bond donors (Lipinski definition) is 2. The van der Waals surface area contributed by atoms with Crippen LogP contribution in [-0.2, 0) is 32.5 Å². The van der Waals surface area contributed by atoms with E-state index in [1.54, 1.807) is 60.7 Å². The standard InChI is InChI=1S/C31H26ClFN2O6S/c32-27-14-9-23(33)19-26(27)21-7-12-25(13-8-21)42(39,40)35-28-4-2-1-3-22(28)18-29(35)31(38)34-15-16-41-24-10-5-20(6-11-24)17-30(36)37/h1-14,19,29H,15-18H2,(H,34,38)(H,36,37)/t29-/m0/s1. The number of carbonyl (C=O) groups excluding carboxylic acids is 1. The van der Waals surface area contributed by atoms with Gasteiger partial charge in [-0.25, -0.2) is 12.8 Å². The van der Waals surface area contributed by atoms with Gasteiger partial charge in [-0.3, -0.25) is 13.9 Å². The van der Waals surface area contributed by atoms with E-state index in [1.807, 2.05) is 0 Å². The van der Waals surface area contributed by atoms with E-state index in [0.29, 0.717) is 33.1 Å². The Kier molecular flexibility index (Phi) is 8.46. The minimum absolute atomic E-state index is 0.0250. The number of para-hydroxylation sites is 1. The molecule has 1 amide bonds. The molecule has 1 heterocycles. The number of nitrogens with zero attached hydrogens (tertiary/aromatic N) is 1. The molecular weight excluding hydrogens is 583 g/mol. The number of ether oxygens (including phenoxy) is 1. The number of carboxylic acids is 1. The van der Waals surface area contributed by atoms with Gasteiger partial charge in [-0.05, 0) is 65.2 Å². The number of rotatable bonds is 10. The van der Waals surface area contributed by atoms with Crippen molar-refractivity contribution in [3.05, 3.63) is 113 Å². The highest BCUT2D eigenvalue weighted by Crippen LogP contribution is 2.37. The maximum atomic E-state index is 13.9. The van der Waals surface area contributed by atoms with Gasteiger partial charge in [-0.1, -0.05) is 54.1 Å². The first-order valence-electron chi connectivity index (χ1n) is 13.0. The summed E-state index contributed by atoms with van der Waals surface area (Å²) < 4.78 is 48.4. The number of carboxylic acid groups (broad SMARTS) is 1. The van der Waals surface area contributed by atoms with Gasteiger partial charge >= 0.3 is 5.97 Å². The third kappa shape index (κ3) is 6.24. The Morgan fingerprint density at radius 3 is 2.43 bits per heavy atom. The molecule has 0 saturated heterocycles. The zero-order chi connectivity index (χ0) is 29.9. The van der Waals surface area contributed by atoms with Crippen LogP contribution in [0.3, 0.4) is 0 Å². The molecule has 4 aromatic carbocycles. The van der Waals surface area contributed by atoms with Crippen molar-refractivity contribution in [2.75, 3.05) is 17.5 Å². The van der Waals surface area contributed by atoms with Gasteiger partial charge in [0.05, 0.1) is 23.5 Å². The summed E-state index contributed by atoms with van der Waals surface area (Å²) in [6.07, 6.45) is 0.106. The van der Waals surface area contributed by atoms with Crippen molar-refractivity contribution in [2.45, 2.75) is 23.8 Å². The Morgan fingerprint density at radius 1 is 1.00 bits per heavy atom. The largest absolute Gasteiger partial charge is 0.492 e. The second-order valence-corrected chi connectivity index (χ2v) is 11.9. The van der Waals surface area contributed by atoms with Crippen LogP contribution >= 0.6 is 11.6 Å². The van der Waals surface area contributed by atoms with Crippen LogP contribution in [0.5, 0.6) is 5.75 Å². The topological polar surface area (TPSA) is 113 Å². The smallest absolute Gasteiger partial charge is 0.307 e. The predicted molar refractivity (Wildman–Crippen MR) is 157 cm³/mol. The summed E-state index contributed by atoms with van der Waals surface area (Å²) in [6, 6.07) is 22.4. The van der Waals surface area contributed by atoms with Gasteiger partial charge in [0.25, 0.3) is 10.0 Å². The van der Waals surface area contributed by atoms with E-state index < -0.39 is 33.8 Å². The van der Waals surface area contributed by atoms with Crippen LogP contribution in [0.25, 0.3) is 11.1 Å². The molecule has 0 bridgehead atoms. The average Bonchev–Trinajstić information content (AvgIpc) is 3.38. The third-order valence-corrected chi connectivity index (χ3v) is 8.99. The van der Waals surface area contributed by atoms with Crippen LogP contribution in [0.4, 0.5) is 10.1 Å². The Bertz CT molecular complexity index is 1730. The van der Waals surface area contributed by atoms with E-state index in [4.69, 9.17) is 21.4 Å². The molecule has 42 heavy (non-hydrogen) atoms. The second-order valence-electron chi connectivity index (χ2n) is 9.65. The highest BCUT2D eigenvalue weighted by Gasteiger charge is 2.42. The van der Waals surface area contributed by atoms with Crippen molar-refractivity contribution < 1.29 is 32.2 Å². The minimum atomic E-state index is -4.16. The fourth-order valence-electron chi connectivity index (χ4n) is 4.83. The van der Waals surface area contributed by atoms with Gasteiger partial charge in [-0.2, -0.15) is 0 Å². The van der Waals surface area contributed by atoms with Crippen molar-refractivity contribution in [3.8, 4) is 16.9 Å². The van der Waals surface area contributed by atoms with Crippen molar-refractivity contribution in [1.29, 1.82) is 0 Å². The predicted octanol–water partition coefficient (Wildman–Crippen LogP) is 5.09. The molecule has 0 radical (unpaired) electrons. The summed E-state index contributed by atoms with van der Waals surface area (Å²) in [6.45, 7) is 0.250. The zero-order valence-electron chi connectivity index (χ0n) is 22.2. The number of benzene rings is 4. The molecule has 11 heteroatoms. The Labute approximate surface area is 247 Å². The summed E-state index contributed by atoms with van der Waals surface area (Å²) in [4.78, 5) is 24.1. The molecule has 0 fully saturated rings. The van der Waals surface area contributed by atoms with Crippen LogP contribution in [0.15, 0.2) is 95.9 Å². The van der Waals surface area contributed by atoms with Crippen LogP contribution in [0.2, 0.25) is 5.02 Å². The molecule has 0 unspecified atom stereocenters. The molecular formula is C31H26ClFN2O6S.